The molecule has 0 radical (unpaired) electrons. The summed E-state index contributed by atoms with van der Waals surface area (Å²) in [7, 11) is 1.78. The van der Waals surface area contributed by atoms with E-state index in [4.69, 9.17) is 0 Å². The predicted octanol–water partition coefficient (Wildman–Crippen LogP) is 2.24. The lowest BCUT2D eigenvalue weighted by Gasteiger charge is -2.32. The van der Waals surface area contributed by atoms with Crippen LogP contribution in [0.5, 0.6) is 0 Å². The summed E-state index contributed by atoms with van der Waals surface area (Å²) in [6.07, 6.45) is 6.50. The minimum atomic E-state index is -0.0365. The number of amides is 1. The second kappa shape index (κ2) is 6.32. The van der Waals surface area contributed by atoms with E-state index in [0.29, 0.717) is 17.4 Å². The molecule has 2 unspecified atom stereocenters. The Morgan fingerprint density at radius 3 is 3.05 bits per heavy atom. The molecule has 2 N–H and O–H groups in total. The van der Waals surface area contributed by atoms with E-state index in [1.165, 1.54) is 25.8 Å². The quantitative estimate of drug-likeness (QED) is 0.875. The highest BCUT2D eigenvalue weighted by molar-refractivity contribution is 9.10. The lowest BCUT2D eigenvalue weighted by molar-refractivity contribution is 0.0916. The van der Waals surface area contributed by atoms with Gasteiger partial charge in [0.25, 0.3) is 5.91 Å². The second-order valence-electron chi connectivity index (χ2n) is 5.77. The Labute approximate surface area is 133 Å². The number of hydrogen-bond donors (Lipinski definition) is 2. The average Bonchev–Trinajstić information content (AvgIpc) is 2.90. The molecule has 1 amide bonds. The molecule has 2 aliphatic heterocycles. The van der Waals surface area contributed by atoms with E-state index in [9.17, 15) is 4.79 Å². The van der Waals surface area contributed by atoms with E-state index in [-0.39, 0.29) is 11.9 Å². The second-order valence-corrected chi connectivity index (χ2v) is 6.68. The first-order valence-electron chi connectivity index (χ1n) is 7.57. The van der Waals surface area contributed by atoms with E-state index >= 15 is 0 Å². The van der Waals surface area contributed by atoms with Crippen LogP contribution in [0.25, 0.3) is 0 Å². The van der Waals surface area contributed by atoms with Crippen LogP contribution in [0.15, 0.2) is 16.7 Å². The molecule has 0 aliphatic carbocycles. The van der Waals surface area contributed by atoms with Gasteiger partial charge in [0, 0.05) is 36.3 Å². The summed E-state index contributed by atoms with van der Waals surface area (Å²) in [6.45, 7) is 2.28. The van der Waals surface area contributed by atoms with Crippen molar-refractivity contribution < 1.29 is 4.79 Å². The highest BCUT2D eigenvalue weighted by Crippen LogP contribution is 2.27. The summed E-state index contributed by atoms with van der Waals surface area (Å²) in [5.41, 5.74) is 0.598. The number of pyridine rings is 1. The number of rotatable bonds is 3. The molecule has 0 spiro atoms. The Balaban J connectivity index is 1.73. The van der Waals surface area contributed by atoms with Crippen LogP contribution >= 0.6 is 15.9 Å². The zero-order valence-electron chi connectivity index (χ0n) is 12.2. The van der Waals surface area contributed by atoms with Crippen LogP contribution in [0, 0.1) is 0 Å². The zero-order valence-corrected chi connectivity index (χ0v) is 13.8. The first-order chi connectivity index (χ1) is 10.2. The fraction of sp³-hybridized carbons (Fsp3) is 0.600. The van der Waals surface area contributed by atoms with Gasteiger partial charge in [-0.25, -0.2) is 4.98 Å². The third kappa shape index (κ3) is 3.06. The van der Waals surface area contributed by atoms with Crippen LogP contribution in [0.4, 0.5) is 5.82 Å². The van der Waals surface area contributed by atoms with E-state index in [1.807, 2.05) is 6.07 Å². The van der Waals surface area contributed by atoms with Gasteiger partial charge in [-0.05, 0) is 47.8 Å². The van der Waals surface area contributed by atoms with Crippen LogP contribution < -0.4 is 10.6 Å². The van der Waals surface area contributed by atoms with Gasteiger partial charge in [0.15, 0.2) is 0 Å². The van der Waals surface area contributed by atoms with Crippen molar-refractivity contribution >= 4 is 27.7 Å². The SMILES string of the molecule is CNc1ncc(Br)cc1C(=O)NC1CCN2CCCCC12. The molecule has 6 heteroatoms. The third-order valence-corrected chi connectivity index (χ3v) is 4.94. The molecular formula is C15H21BrN4O. The van der Waals surface area contributed by atoms with Crippen molar-refractivity contribution in [1.82, 2.24) is 15.2 Å². The summed E-state index contributed by atoms with van der Waals surface area (Å²) in [5.74, 6) is 0.583. The molecule has 3 heterocycles. The normalized spacial score (nSPS) is 25.4. The van der Waals surface area contributed by atoms with Crippen molar-refractivity contribution in [3.8, 4) is 0 Å². The molecule has 0 bridgehead atoms. The predicted molar refractivity (Wildman–Crippen MR) is 86.6 cm³/mol. The van der Waals surface area contributed by atoms with Gasteiger partial charge < -0.3 is 10.6 Å². The first kappa shape index (κ1) is 14.8. The lowest BCUT2D eigenvalue weighted by Crippen LogP contribution is -2.46. The van der Waals surface area contributed by atoms with Crippen LogP contribution in [0.3, 0.4) is 0 Å². The molecule has 1 aromatic heterocycles. The molecule has 0 aromatic carbocycles. The maximum absolute atomic E-state index is 12.6. The monoisotopic (exact) mass is 352 g/mol. The summed E-state index contributed by atoms with van der Waals surface area (Å²) in [5, 5.41) is 6.20. The molecule has 2 aliphatic rings. The number of halogens is 1. The van der Waals surface area contributed by atoms with E-state index in [2.05, 4.69) is 36.4 Å². The van der Waals surface area contributed by atoms with Gasteiger partial charge in [-0.1, -0.05) is 6.42 Å². The van der Waals surface area contributed by atoms with Gasteiger partial charge in [0.05, 0.1) is 5.56 Å². The van der Waals surface area contributed by atoms with Crippen molar-refractivity contribution in [2.45, 2.75) is 37.8 Å². The molecule has 3 rings (SSSR count). The molecule has 2 saturated heterocycles. The Bertz CT molecular complexity index is 536. The molecular weight excluding hydrogens is 332 g/mol. The van der Waals surface area contributed by atoms with Crippen molar-refractivity contribution in [1.29, 1.82) is 0 Å². The average molecular weight is 353 g/mol. The topological polar surface area (TPSA) is 57.3 Å². The van der Waals surface area contributed by atoms with Gasteiger partial charge in [0.1, 0.15) is 5.82 Å². The number of nitrogens with one attached hydrogen (secondary N) is 2. The van der Waals surface area contributed by atoms with Gasteiger partial charge in [-0.3, -0.25) is 9.69 Å². The Hall–Kier alpha value is -1.14. The van der Waals surface area contributed by atoms with E-state index in [0.717, 1.165) is 17.4 Å². The van der Waals surface area contributed by atoms with Gasteiger partial charge in [0.2, 0.25) is 0 Å². The number of fused-ring (bicyclic) bond motifs is 1. The number of piperidine rings is 1. The Kier molecular flexibility index (Phi) is 4.45. The van der Waals surface area contributed by atoms with Crippen LogP contribution in [-0.2, 0) is 0 Å². The molecule has 1 aromatic rings. The summed E-state index contributed by atoms with van der Waals surface area (Å²) >= 11 is 3.38. The Morgan fingerprint density at radius 2 is 2.24 bits per heavy atom. The number of aromatic nitrogens is 1. The molecule has 21 heavy (non-hydrogen) atoms. The summed E-state index contributed by atoms with van der Waals surface area (Å²) < 4.78 is 0.817. The number of nitrogens with zero attached hydrogens (tertiary/aromatic N) is 2. The molecule has 2 atom stereocenters. The van der Waals surface area contributed by atoms with Crippen LogP contribution in [0.1, 0.15) is 36.0 Å². The first-order valence-corrected chi connectivity index (χ1v) is 8.36. The minimum Gasteiger partial charge on any atom is -0.372 e. The Morgan fingerprint density at radius 1 is 1.38 bits per heavy atom. The summed E-state index contributed by atoms with van der Waals surface area (Å²) in [6, 6.07) is 2.60. The van der Waals surface area contributed by atoms with E-state index in [1.54, 1.807) is 13.2 Å². The van der Waals surface area contributed by atoms with Crippen molar-refractivity contribution in [3.63, 3.8) is 0 Å². The van der Waals surface area contributed by atoms with Crippen LogP contribution in [-0.4, -0.2) is 48.0 Å². The minimum absolute atomic E-state index is 0.0365. The maximum atomic E-state index is 12.6. The van der Waals surface area contributed by atoms with Crippen LogP contribution in [0.2, 0.25) is 0 Å². The lowest BCUT2D eigenvalue weighted by atomic mass is 9.99. The number of carbonyl (C=O) groups excluding carboxylic acids is 1. The van der Waals surface area contributed by atoms with E-state index < -0.39 is 0 Å². The van der Waals surface area contributed by atoms with Gasteiger partial charge >= 0.3 is 0 Å². The smallest absolute Gasteiger partial charge is 0.255 e. The van der Waals surface area contributed by atoms with Gasteiger partial charge in [-0.2, -0.15) is 0 Å². The molecule has 5 nitrogen and oxygen atoms in total. The number of carbonyl (C=O) groups is 1. The number of anilines is 1. The number of hydrogen-bond acceptors (Lipinski definition) is 4. The fourth-order valence-electron chi connectivity index (χ4n) is 3.47. The van der Waals surface area contributed by atoms with Crippen molar-refractivity contribution in [3.05, 3.63) is 22.3 Å². The highest BCUT2D eigenvalue weighted by Gasteiger charge is 2.36. The molecule has 2 fully saturated rings. The van der Waals surface area contributed by atoms with Crippen molar-refractivity contribution in [2.75, 3.05) is 25.5 Å². The van der Waals surface area contributed by atoms with Crippen molar-refractivity contribution in [2.24, 2.45) is 0 Å². The maximum Gasteiger partial charge on any atom is 0.255 e. The zero-order chi connectivity index (χ0) is 14.8. The largest absolute Gasteiger partial charge is 0.372 e. The fourth-order valence-corrected chi connectivity index (χ4v) is 3.80. The van der Waals surface area contributed by atoms with Gasteiger partial charge in [-0.15, -0.1) is 0 Å². The standard InChI is InChI=1S/C15H21BrN4O/c1-17-14-11(8-10(16)9-18-14)15(21)19-12-5-7-20-6-3-2-4-13(12)20/h8-9,12-13H,2-7H2,1H3,(H,17,18)(H,19,21). The third-order valence-electron chi connectivity index (χ3n) is 4.51. The molecule has 0 saturated carbocycles. The highest BCUT2D eigenvalue weighted by atomic mass is 79.9. The summed E-state index contributed by atoms with van der Waals surface area (Å²) in [4.78, 5) is 19.3. The molecule has 114 valence electrons.